The molecule has 2 aromatic carbocycles. The zero-order valence-corrected chi connectivity index (χ0v) is 11.5. The third kappa shape index (κ3) is 3.91. The Hall–Kier alpha value is -2.70. The Morgan fingerprint density at radius 3 is 2.23 bits per heavy atom. The van der Waals surface area contributed by atoms with Crippen molar-refractivity contribution in [1.82, 2.24) is 0 Å². The summed E-state index contributed by atoms with van der Waals surface area (Å²) in [6.45, 7) is 1.78. The highest BCUT2D eigenvalue weighted by Crippen LogP contribution is 2.30. The van der Waals surface area contributed by atoms with Gasteiger partial charge in [-0.3, -0.25) is 0 Å². The van der Waals surface area contributed by atoms with E-state index in [1.54, 1.807) is 13.0 Å². The number of anilines is 2. The van der Waals surface area contributed by atoms with Crippen LogP contribution in [0, 0.1) is 6.92 Å². The SMILES string of the molecule is Cc1ccc(NC(=O)Nc2ccc(C(F)(F)F)cc2)c(O)c1. The maximum atomic E-state index is 12.4. The fourth-order valence-electron chi connectivity index (χ4n) is 1.77. The molecule has 0 fully saturated rings. The van der Waals surface area contributed by atoms with Gasteiger partial charge in [0.2, 0.25) is 0 Å². The van der Waals surface area contributed by atoms with Crippen molar-refractivity contribution in [2.45, 2.75) is 13.1 Å². The summed E-state index contributed by atoms with van der Waals surface area (Å²) in [6.07, 6.45) is -4.42. The first-order valence-corrected chi connectivity index (χ1v) is 6.30. The van der Waals surface area contributed by atoms with Gasteiger partial charge in [0.1, 0.15) is 5.75 Å². The minimum Gasteiger partial charge on any atom is -0.506 e. The monoisotopic (exact) mass is 310 g/mol. The minimum absolute atomic E-state index is 0.0948. The van der Waals surface area contributed by atoms with Gasteiger partial charge in [0.05, 0.1) is 11.3 Å². The molecular weight excluding hydrogens is 297 g/mol. The summed E-state index contributed by atoms with van der Waals surface area (Å²) in [4.78, 5) is 11.7. The molecule has 116 valence electrons. The van der Waals surface area contributed by atoms with E-state index in [-0.39, 0.29) is 17.1 Å². The number of nitrogens with one attached hydrogen (secondary N) is 2. The molecule has 7 heteroatoms. The number of amides is 2. The number of carbonyl (C=O) groups excluding carboxylic acids is 1. The summed E-state index contributed by atoms with van der Waals surface area (Å²) in [6, 6.07) is 8.09. The maximum absolute atomic E-state index is 12.4. The van der Waals surface area contributed by atoms with Crippen molar-refractivity contribution in [3.05, 3.63) is 53.6 Å². The van der Waals surface area contributed by atoms with Gasteiger partial charge in [-0.15, -0.1) is 0 Å². The van der Waals surface area contributed by atoms with Gasteiger partial charge in [0.25, 0.3) is 0 Å². The normalized spacial score (nSPS) is 11.1. The molecule has 0 aliphatic carbocycles. The molecule has 0 atom stereocenters. The molecule has 2 rings (SSSR count). The number of phenols is 1. The van der Waals surface area contributed by atoms with Gasteiger partial charge in [-0.1, -0.05) is 6.07 Å². The highest BCUT2D eigenvalue weighted by molar-refractivity contribution is 6.00. The highest BCUT2D eigenvalue weighted by Gasteiger charge is 2.29. The molecule has 0 unspecified atom stereocenters. The van der Waals surface area contributed by atoms with E-state index in [0.29, 0.717) is 0 Å². The Morgan fingerprint density at radius 2 is 1.68 bits per heavy atom. The van der Waals surface area contributed by atoms with E-state index in [0.717, 1.165) is 29.8 Å². The van der Waals surface area contributed by atoms with E-state index in [2.05, 4.69) is 10.6 Å². The molecular formula is C15H13F3N2O2. The second-order valence-electron chi connectivity index (χ2n) is 4.67. The van der Waals surface area contributed by atoms with E-state index in [1.807, 2.05) is 0 Å². The average molecular weight is 310 g/mol. The first kappa shape index (κ1) is 15.7. The van der Waals surface area contributed by atoms with E-state index in [1.165, 1.54) is 12.1 Å². The lowest BCUT2D eigenvalue weighted by Gasteiger charge is -2.11. The number of urea groups is 1. The molecule has 0 heterocycles. The van der Waals surface area contributed by atoms with Crippen LogP contribution in [-0.2, 0) is 6.18 Å². The van der Waals surface area contributed by atoms with Gasteiger partial charge in [-0.2, -0.15) is 13.2 Å². The number of benzene rings is 2. The number of halogens is 3. The van der Waals surface area contributed by atoms with Gasteiger partial charge in [0, 0.05) is 5.69 Å². The van der Waals surface area contributed by atoms with Crippen molar-refractivity contribution in [3.63, 3.8) is 0 Å². The van der Waals surface area contributed by atoms with E-state index >= 15 is 0 Å². The predicted octanol–water partition coefficient (Wildman–Crippen LogP) is 4.36. The third-order valence-corrected chi connectivity index (χ3v) is 2.87. The standard InChI is InChI=1S/C15H13F3N2O2/c1-9-2-7-12(13(21)8-9)20-14(22)19-11-5-3-10(4-6-11)15(16,17)18/h2-8,21H,1H3,(H2,19,20,22). The molecule has 0 spiro atoms. The zero-order valence-electron chi connectivity index (χ0n) is 11.5. The molecule has 0 aromatic heterocycles. The first-order valence-electron chi connectivity index (χ1n) is 6.30. The number of rotatable bonds is 2. The van der Waals surface area contributed by atoms with E-state index < -0.39 is 17.8 Å². The lowest BCUT2D eigenvalue weighted by atomic mass is 10.2. The number of hydrogen-bond acceptors (Lipinski definition) is 2. The quantitative estimate of drug-likeness (QED) is 0.722. The summed E-state index contributed by atoms with van der Waals surface area (Å²) in [5.41, 5.74) is 0.438. The molecule has 2 amide bonds. The third-order valence-electron chi connectivity index (χ3n) is 2.87. The Morgan fingerprint density at radius 1 is 1.05 bits per heavy atom. The summed E-state index contributed by atoms with van der Waals surface area (Å²) in [7, 11) is 0. The predicted molar refractivity (Wildman–Crippen MR) is 76.9 cm³/mol. The molecule has 3 N–H and O–H groups in total. The first-order chi connectivity index (χ1) is 10.3. The fourth-order valence-corrected chi connectivity index (χ4v) is 1.77. The lowest BCUT2D eigenvalue weighted by Crippen LogP contribution is -2.19. The summed E-state index contributed by atoms with van der Waals surface area (Å²) in [5, 5.41) is 14.5. The number of aromatic hydroxyl groups is 1. The maximum Gasteiger partial charge on any atom is 0.416 e. The Balaban J connectivity index is 2.03. The van der Waals surface area contributed by atoms with Gasteiger partial charge >= 0.3 is 12.2 Å². The largest absolute Gasteiger partial charge is 0.506 e. The molecule has 0 bridgehead atoms. The average Bonchev–Trinajstić information content (AvgIpc) is 2.41. The molecule has 22 heavy (non-hydrogen) atoms. The summed E-state index contributed by atoms with van der Waals surface area (Å²) in [5.74, 6) is -0.0948. The van der Waals surface area contributed by atoms with Gasteiger partial charge in [0.15, 0.2) is 0 Å². The van der Waals surface area contributed by atoms with Crippen LogP contribution in [0.25, 0.3) is 0 Å². The van der Waals surface area contributed by atoms with Gasteiger partial charge < -0.3 is 15.7 Å². The second-order valence-corrected chi connectivity index (χ2v) is 4.67. The lowest BCUT2D eigenvalue weighted by molar-refractivity contribution is -0.137. The van der Waals surface area contributed by atoms with E-state index in [9.17, 15) is 23.1 Å². The summed E-state index contributed by atoms with van der Waals surface area (Å²) < 4.78 is 37.3. The van der Waals surface area contributed by atoms with Crippen molar-refractivity contribution < 1.29 is 23.1 Å². The van der Waals surface area contributed by atoms with Crippen LogP contribution in [-0.4, -0.2) is 11.1 Å². The Labute approximate surface area is 124 Å². The van der Waals surface area contributed by atoms with Crippen LogP contribution in [0.3, 0.4) is 0 Å². The van der Waals surface area contributed by atoms with E-state index in [4.69, 9.17) is 0 Å². The molecule has 2 aromatic rings. The molecule has 0 aliphatic rings. The number of phenolic OH excluding ortho intramolecular Hbond substituents is 1. The van der Waals surface area contributed by atoms with Gasteiger partial charge in [-0.05, 0) is 48.9 Å². The number of aryl methyl sites for hydroxylation is 1. The van der Waals surface area contributed by atoms with Crippen molar-refractivity contribution in [2.24, 2.45) is 0 Å². The zero-order chi connectivity index (χ0) is 16.3. The minimum atomic E-state index is -4.42. The second kappa shape index (κ2) is 5.97. The van der Waals surface area contributed by atoms with Crippen LogP contribution in [0.1, 0.15) is 11.1 Å². The molecule has 0 saturated heterocycles. The summed E-state index contributed by atoms with van der Waals surface area (Å²) >= 11 is 0. The van der Waals surface area contributed by atoms with Crippen LogP contribution in [0.15, 0.2) is 42.5 Å². The smallest absolute Gasteiger partial charge is 0.416 e. The Kier molecular flexibility index (Phi) is 4.25. The van der Waals surface area contributed by atoms with Crippen LogP contribution in [0.2, 0.25) is 0 Å². The topological polar surface area (TPSA) is 61.4 Å². The Bertz CT molecular complexity index is 682. The van der Waals surface area contributed by atoms with Gasteiger partial charge in [-0.25, -0.2) is 4.79 Å². The number of carbonyl (C=O) groups is 1. The van der Waals surface area contributed by atoms with Crippen molar-refractivity contribution >= 4 is 17.4 Å². The van der Waals surface area contributed by atoms with Crippen molar-refractivity contribution in [2.75, 3.05) is 10.6 Å². The van der Waals surface area contributed by atoms with Crippen LogP contribution >= 0.6 is 0 Å². The fraction of sp³-hybridized carbons (Fsp3) is 0.133. The molecule has 4 nitrogen and oxygen atoms in total. The van der Waals surface area contributed by atoms with Crippen molar-refractivity contribution in [1.29, 1.82) is 0 Å². The van der Waals surface area contributed by atoms with Crippen LogP contribution < -0.4 is 10.6 Å². The highest BCUT2D eigenvalue weighted by atomic mass is 19.4. The van der Waals surface area contributed by atoms with Crippen LogP contribution in [0.4, 0.5) is 29.3 Å². The van der Waals surface area contributed by atoms with Crippen LogP contribution in [0.5, 0.6) is 5.75 Å². The number of hydrogen-bond donors (Lipinski definition) is 3. The molecule has 0 aliphatic heterocycles. The molecule has 0 radical (unpaired) electrons. The van der Waals surface area contributed by atoms with Crippen molar-refractivity contribution in [3.8, 4) is 5.75 Å². The molecule has 0 saturated carbocycles. The number of alkyl halides is 3.